The van der Waals surface area contributed by atoms with Crippen molar-refractivity contribution in [3.63, 3.8) is 0 Å². The third-order valence-corrected chi connectivity index (χ3v) is 2.91. The molecule has 2 N–H and O–H groups in total. The molecule has 0 spiro atoms. The fourth-order valence-electron chi connectivity index (χ4n) is 1.92. The van der Waals surface area contributed by atoms with Crippen molar-refractivity contribution in [2.75, 3.05) is 4.90 Å². The molecule has 0 atom stereocenters. The molecule has 0 aliphatic carbocycles. The Bertz CT molecular complexity index is 626. The van der Waals surface area contributed by atoms with Crippen molar-refractivity contribution in [3.05, 3.63) is 59.9 Å². The van der Waals surface area contributed by atoms with E-state index in [2.05, 4.69) is 4.98 Å². The summed E-state index contributed by atoms with van der Waals surface area (Å²) in [5, 5.41) is 0. The van der Waals surface area contributed by atoms with Crippen LogP contribution in [0.3, 0.4) is 0 Å². The first-order valence-electron chi connectivity index (χ1n) is 6.16. The topological polar surface area (TPSA) is 76.3 Å². The Morgan fingerprint density at radius 2 is 1.85 bits per heavy atom. The molecule has 1 aromatic heterocycles. The van der Waals surface area contributed by atoms with E-state index in [1.165, 1.54) is 4.90 Å². The number of carbonyl (C=O) groups excluding carboxylic acids is 2. The van der Waals surface area contributed by atoms with Crippen LogP contribution in [0, 0.1) is 6.92 Å². The third-order valence-electron chi connectivity index (χ3n) is 2.91. The number of anilines is 1. The normalized spacial score (nSPS) is 10.1. The monoisotopic (exact) mass is 269 g/mol. The maximum atomic E-state index is 12.0. The van der Waals surface area contributed by atoms with Gasteiger partial charge in [-0.05, 0) is 30.7 Å². The maximum Gasteiger partial charge on any atom is 0.316 e. The average molecular weight is 269 g/mol. The van der Waals surface area contributed by atoms with Gasteiger partial charge in [0, 0.05) is 11.9 Å². The van der Waals surface area contributed by atoms with E-state index >= 15 is 0 Å². The largest absolute Gasteiger partial charge is 0.361 e. The molecule has 0 saturated carbocycles. The number of para-hydroxylation sites is 1. The number of benzene rings is 1. The number of aromatic nitrogens is 1. The van der Waals surface area contributed by atoms with Crippen LogP contribution in [-0.2, 0) is 16.1 Å². The summed E-state index contributed by atoms with van der Waals surface area (Å²) in [4.78, 5) is 28.8. The van der Waals surface area contributed by atoms with E-state index in [1.807, 2.05) is 31.2 Å². The molecule has 0 bridgehead atoms. The number of hydrogen-bond donors (Lipinski definition) is 1. The van der Waals surface area contributed by atoms with Crippen LogP contribution in [-0.4, -0.2) is 16.8 Å². The smallest absolute Gasteiger partial charge is 0.316 e. The lowest BCUT2D eigenvalue weighted by atomic mass is 10.1. The first-order chi connectivity index (χ1) is 9.59. The van der Waals surface area contributed by atoms with Crippen molar-refractivity contribution in [1.82, 2.24) is 4.98 Å². The van der Waals surface area contributed by atoms with Gasteiger partial charge in [0.2, 0.25) is 0 Å². The lowest BCUT2D eigenvalue weighted by molar-refractivity contribution is -0.135. The molecule has 20 heavy (non-hydrogen) atoms. The number of carbonyl (C=O) groups is 2. The van der Waals surface area contributed by atoms with Gasteiger partial charge in [0.25, 0.3) is 0 Å². The first-order valence-corrected chi connectivity index (χ1v) is 6.16. The summed E-state index contributed by atoms with van der Waals surface area (Å²) in [7, 11) is 0. The second kappa shape index (κ2) is 5.97. The molecule has 1 aromatic carbocycles. The number of pyridine rings is 1. The van der Waals surface area contributed by atoms with E-state index < -0.39 is 11.8 Å². The molecule has 0 unspecified atom stereocenters. The van der Waals surface area contributed by atoms with Gasteiger partial charge in [-0.3, -0.25) is 19.5 Å². The van der Waals surface area contributed by atoms with Crippen LogP contribution < -0.4 is 10.6 Å². The van der Waals surface area contributed by atoms with Gasteiger partial charge in [0.15, 0.2) is 0 Å². The summed E-state index contributed by atoms with van der Waals surface area (Å²) in [6.45, 7) is 2.07. The quantitative estimate of drug-likeness (QED) is 0.856. The number of aryl methyl sites for hydroxylation is 1. The van der Waals surface area contributed by atoms with Crippen molar-refractivity contribution < 1.29 is 9.59 Å². The molecule has 5 heteroatoms. The molecular formula is C15H15N3O2. The van der Waals surface area contributed by atoms with Crippen LogP contribution in [0.15, 0.2) is 48.7 Å². The van der Waals surface area contributed by atoms with Crippen LogP contribution in [0.5, 0.6) is 0 Å². The maximum absolute atomic E-state index is 12.0. The Morgan fingerprint density at radius 1 is 1.15 bits per heavy atom. The lowest BCUT2D eigenvalue weighted by Gasteiger charge is -2.22. The van der Waals surface area contributed by atoms with Crippen LogP contribution >= 0.6 is 0 Å². The number of nitrogens with two attached hydrogens (primary N) is 1. The number of hydrogen-bond acceptors (Lipinski definition) is 3. The van der Waals surface area contributed by atoms with E-state index in [1.54, 1.807) is 24.4 Å². The predicted octanol–water partition coefficient (Wildman–Crippen LogP) is 1.41. The summed E-state index contributed by atoms with van der Waals surface area (Å²) in [6.07, 6.45) is 1.64. The molecule has 0 saturated heterocycles. The fraction of sp³-hybridized carbons (Fsp3) is 0.133. The molecule has 1 heterocycles. The standard InChI is InChI=1S/C15H15N3O2/c1-11-6-2-3-8-13(11)18(15(20)14(16)19)10-12-7-4-5-9-17-12/h2-9H,10H2,1H3,(H2,16,19). The van der Waals surface area contributed by atoms with Gasteiger partial charge in [-0.15, -0.1) is 0 Å². The Hall–Kier alpha value is -2.69. The van der Waals surface area contributed by atoms with Gasteiger partial charge in [-0.1, -0.05) is 24.3 Å². The number of amides is 2. The van der Waals surface area contributed by atoms with Crippen molar-refractivity contribution in [2.45, 2.75) is 13.5 Å². The van der Waals surface area contributed by atoms with E-state index in [-0.39, 0.29) is 6.54 Å². The molecule has 102 valence electrons. The highest BCUT2D eigenvalue weighted by Gasteiger charge is 2.22. The summed E-state index contributed by atoms with van der Waals surface area (Å²) in [5.41, 5.74) is 7.35. The Balaban J connectivity index is 2.38. The molecule has 2 amide bonds. The predicted molar refractivity (Wildman–Crippen MR) is 75.8 cm³/mol. The molecule has 2 rings (SSSR count). The van der Waals surface area contributed by atoms with E-state index in [9.17, 15) is 9.59 Å². The van der Waals surface area contributed by atoms with Gasteiger partial charge in [-0.25, -0.2) is 0 Å². The van der Waals surface area contributed by atoms with Gasteiger partial charge in [-0.2, -0.15) is 0 Å². The number of rotatable bonds is 3. The molecule has 0 fully saturated rings. The highest BCUT2D eigenvalue weighted by Crippen LogP contribution is 2.21. The zero-order valence-electron chi connectivity index (χ0n) is 11.1. The summed E-state index contributed by atoms with van der Waals surface area (Å²) in [5.74, 6) is -1.73. The number of nitrogens with zero attached hydrogens (tertiary/aromatic N) is 2. The van der Waals surface area contributed by atoms with Crippen LogP contribution in [0.25, 0.3) is 0 Å². The van der Waals surface area contributed by atoms with Crippen LogP contribution in [0.2, 0.25) is 0 Å². The minimum Gasteiger partial charge on any atom is -0.361 e. The highest BCUT2D eigenvalue weighted by molar-refractivity contribution is 6.39. The Morgan fingerprint density at radius 3 is 2.45 bits per heavy atom. The van der Waals surface area contributed by atoms with Gasteiger partial charge < -0.3 is 5.73 Å². The average Bonchev–Trinajstić information content (AvgIpc) is 2.46. The van der Waals surface area contributed by atoms with Crippen molar-refractivity contribution in [2.24, 2.45) is 5.73 Å². The van der Waals surface area contributed by atoms with Gasteiger partial charge in [0.05, 0.1) is 12.2 Å². The van der Waals surface area contributed by atoms with Crippen molar-refractivity contribution >= 4 is 17.5 Å². The highest BCUT2D eigenvalue weighted by atomic mass is 16.2. The summed E-state index contributed by atoms with van der Waals surface area (Å²) in [6, 6.07) is 12.7. The zero-order chi connectivity index (χ0) is 14.5. The van der Waals surface area contributed by atoms with Crippen molar-refractivity contribution in [1.29, 1.82) is 0 Å². The number of primary amides is 1. The van der Waals surface area contributed by atoms with Gasteiger partial charge in [0.1, 0.15) is 0 Å². The lowest BCUT2D eigenvalue weighted by Crippen LogP contribution is -2.40. The zero-order valence-corrected chi connectivity index (χ0v) is 11.1. The molecule has 0 radical (unpaired) electrons. The Labute approximate surface area is 117 Å². The first kappa shape index (κ1) is 13.7. The SMILES string of the molecule is Cc1ccccc1N(Cc1ccccn1)C(=O)C(N)=O. The molecule has 2 aromatic rings. The third kappa shape index (κ3) is 3.00. The van der Waals surface area contributed by atoms with E-state index in [0.29, 0.717) is 11.4 Å². The molecular weight excluding hydrogens is 254 g/mol. The minimum atomic E-state index is -0.982. The fourth-order valence-corrected chi connectivity index (χ4v) is 1.92. The van der Waals surface area contributed by atoms with Gasteiger partial charge >= 0.3 is 11.8 Å². The second-order valence-corrected chi connectivity index (χ2v) is 4.36. The summed E-state index contributed by atoms with van der Waals surface area (Å²) < 4.78 is 0. The van der Waals surface area contributed by atoms with Crippen LogP contribution in [0.4, 0.5) is 5.69 Å². The molecule has 0 aliphatic heterocycles. The summed E-state index contributed by atoms with van der Waals surface area (Å²) >= 11 is 0. The van der Waals surface area contributed by atoms with E-state index in [4.69, 9.17) is 5.73 Å². The molecule has 0 aliphatic rings. The Kier molecular flexibility index (Phi) is 4.10. The minimum absolute atomic E-state index is 0.202. The van der Waals surface area contributed by atoms with Crippen LogP contribution in [0.1, 0.15) is 11.3 Å². The van der Waals surface area contributed by atoms with E-state index in [0.717, 1.165) is 5.56 Å². The second-order valence-electron chi connectivity index (χ2n) is 4.36. The molecule has 5 nitrogen and oxygen atoms in total. The van der Waals surface area contributed by atoms with Crippen molar-refractivity contribution in [3.8, 4) is 0 Å².